The minimum absolute atomic E-state index is 0.102. The van der Waals surface area contributed by atoms with Gasteiger partial charge in [-0.3, -0.25) is 4.79 Å². The van der Waals surface area contributed by atoms with E-state index in [2.05, 4.69) is 5.10 Å². The molecule has 0 radical (unpaired) electrons. The van der Waals surface area contributed by atoms with Crippen molar-refractivity contribution in [2.75, 3.05) is 6.26 Å². The maximum Gasteiger partial charge on any atom is 0.271 e. The van der Waals surface area contributed by atoms with Gasteiger partial charge in [-0.05, 0) is 49.4 Å². The van der Waals surface area contributed by atoms with Gasteiger partial charge < -0.3 is 0 Å². The molecule has 0 saturated heterocycles. The maximum absolute atomic E-state index is 11.8. The summed E-state index contributed by atoms with van der Waals surface area (Å²) in [6.45, 7) is 3.78. The van der Waals surface area contributed by atoms with E-state index in [1.165, 1.54) is 9.57 Å². The first-order valence-electron chi connectivity index (χ1n) is 5.99. The molecule has 1 aromatic heterocycles. The van der Waals surface area contributed by atoms with Crippen LogP contribution < -0.4 is 5.56 Å². The number of hydrogen-bond acceptors (Lipinski definition) is 3. The van der Waals surface area contributed by atoms with E-state index < -0.39 is 0 Å². The highest BCUT2D eigenvalue weighted by Crippen LogP contribution is 2.13. The van der Waals surface area contributed by atoms with E-state index >= 15 is 0 Å². The Balaban J connectivity index is 2.29. The van der Waals surface area contributed by atoms with E-state index in [0.29, 0.717) is 0 Å². The first-order chi connectivity index (χ1) is 9.10. The number of benzene rings is 1. The lowest BCUT2D eigenvalue weighted by atomic mass is 10.2. The predicted octanol–water partition coefficient (Wildman–Crippen LogP) is 3.07. The van der Waals surface area contributed by atoms with E-state index in [4.69, 9.17) is 0 Å². The molecule has 0 unspecified atom stereocenters. The van der Waals surface area contributed by atoms with Crippen LogP contribution in [0.15, 0.2) is 51.2 Å². The normalized spacial score (nSPS) is 11.1. The smallest absolute Gasteiger partial charge is 0.267 e. The lowest BCUT2D eigenvalue weighted by Crippen LogP contribution is -2.18. The topological polar surface area (TPSA) is 34.4 Å². The average Bonchev–Trinajstić information content (AvgIpc) is 2.38. The number of nitrogens with zero attached hydrogens (tertiary/aromatic N) is 2. The number of pyridine rings is 1. The molecule has 1 heterocycles. The molecule has 0 bridgehead atoms. The van der Waals surface area contributed by atoms with Crippen LogP contribution in [0.2, 0.25) is 0 Å². The van der Waals surface area contributed by atoms with Crippen molar-refractivity contribution >= 4 is 18.0 Å². The van der Waals surface area contributed by atoms with Gasteiger partial charge in [0.1, 0.15) is 0 Å². The summed E-state index contributed by atoms with van der Waals surface area (Å²) in [6, 6.07) is 11.6. The molecule has 19 heavy (non-hydrogen) atoms. The van der Waals surface area contributed by atoms with Gasteiger partial charge in [-0.1, -0.05) is 12.1 Å². The quantitative estimate of drug-likeness (QED) is 0.635. The van der Waals surface area contributed by atoms with E-state index in [-0.39, 0.29) is 5.56 Å². The van der Waals surface area contributed by atoms with E-state index in [9.17, 15) is 4.79 Å². The van der Waals surface area contributed by atoms with Gasteiger partial charge in [-0.2, -0.15) is 5.10 Å². The molecule has 2 rings (SSSR count). The van der Waals surface area contributed by atoms with Gasteiger partial charge in [0.15, 0.2) is 0 Å². The molecule has 0 saturated carbocycles. The summed E-state index contributed by atoms with van der Waals surface area (Å²) in [4.78, 5) is 13.0. The van der Waals surface area contributed by atoms with Gasteiger partial charge in [-0.15, -0.1) is 11.8 Å². The van der Waals surface area contributed by atoms with E-state index in [0.717, 1.165) is 16.8 Å². The maximum atomic E-state index is 11.8. The molecule has 0 amide bonds. The van der Waals surface area contributed by atoms with E-state index in [1.54, 1.807) is 24.0 Å². The Morgan fingerprint density at radius 1 is 1.16 bits per heavy atom. The Kier molecular flexibility index (Phi) is 4.22. The van der Waals surface area contributed by atoms with Crippen molar-refractivity contribution in [3.05, 3.63) is 63.6 Å². The molecule has 2 aromatic rings. The van der Waals surface area contributed by atoms with Crippen LogP contribution in [0.3, 0.4) is 0 Å². The van der Waals surface area contributed by atoms with Crippen molar-refractivity contribution in [2.24, 2.45) is 5.10 Å². The van der Waals surface area contributed by atoms with Crippen molar-refractivity contribution < 1.29 is 0 Å². The Labute approximate surface area is 117 Å². The van der Waals surface area contributed by atoms with Gasteiger partial charge in [0.25, 0.3) is 5.56 Å². The highest BCUT2D eigenvalue weighted by molar-refractivity contribution is 7.98. The summed E-state index contributed by atoms with van der Waals surface area (Å²) in [6.07, 6.45) is 3.74. The fraction of sp³-hybridized carbons (Fsp3) is 0.200. The van der Waals surface area contributed by atoms with Crippen LogP contribution in [0.25, 0.3) is 0 Å². The van der Waals surface area contributed by atoms with Crippen molar-refractivity contribution in [1.29, 1.82) is 0 Å². The third-order valence-electron chi connectivity index (χ3n) is 2.77. The van der Waals surface area contributed by atoms with Crippen molar-refractivity contribution in [3.8, 4) is 0 Å². The minimum Gasteiger partial charge on any atom is -0.267 e. The number of hydrogen-bond donors (Lipinski definition) is 0. The molecular weight excluding hydrogens is 256 g/mol. The molecule has 0 aliphatic heterocycles. The molecule has 0 spiro atoms. The lowest BCUT2D eigenvalue weighted by Gasteiger charge is -2.04. The molecule has 0 aliphatic carbocycles. The van der Waals surface area contributed by atoms with Gasteiger partial charge in [0.05, 0.1) is 6.21 Å². The lowest BCUT2D eigenvalue weighted by molar-refractivity contribution is 0.791. The molecule has 0 aliphatic rings. The van der Waals surface area contributed by atoms with Gasteiger partial charge in [-0.25, -0.2) is 4.68 Å². The van der Waals surface area contributed by atoms with Crippen LogP contribution in [-0.2, 0) is 0 Å². The van der Waals surface area contributed by atoms with Gasteiger partial charge in [0.2, 0.25) is 0 Å². The van der Waals surface area contributed by atoms with Gasteiger partial charge >= 0.3 is 0 Å². The Hall–Kier alpha value is -1.81. The van der Waals surface area contributed by atoms with Crippen LogP contribution in [0.4, 0.5) is 0 Å². The average molecular weight is 272 g/mol. The zero-order valence-electron chi connectivity index (χ0n) is 11.3. The summed E-state index contributed by atoms with van der Waals surface area (Å²) in [7, 11) is 0. The summed E-state index contributed by atoms with van der Waals surface area (Å²) < 4.78 is 1.41. The fourth-order valence-corrected chi connectivity index (χ4v) is 2.23. The summed E-state index contributed by atoms with van der Waals surface area (Å²) in [5, 5.41) is 4.24. The predicted molar refractivity (Wildman–Crippen MR) is 81.4 cm³/mol. The molecule has 4 heteroatoms. The Morgan fingerprint density at radius 2 is 1.84 bits per heavy atom. The molecule has 0 atom stereocenters. The summed E-state index contributed by atoms with van der Waals surface area (Å²) in [5.74, 6) is 0. The third-order valence-corrected chi connectivity index (χ3v) is 3.51. The van der Waals surface area contributed by atoms with E-state index in [1.807, 2.05) is 50.4 Å². The van der Waals surface area contributed by atoms with Crippen LogP contribution in [0, 0.1) is 13.8 Å². The second-order valence-corrected chi connectivity index (χ2v) is 5.22. The SMILES string of the molecule is CSc1ccc(C=Nn2c(C)cc(C)cc2=O)cc1. The van der Waals surface area contributed by atoms with Crippen molar-refractivity contribution in [3.63, 3.8) is 0 Å². The van der Waals surface area contributed by atoms with Crippen LogP contribution in [0.1, 0.15) is 16.8 Å². The van der Waals surface area contributed by atoms with Crippen LogP contribution >= 0.6 is 11.8 Å². The summed E-state index contributed by atoms with van der Waals surface area (Å²) in [5.41, 5.74) is 2.67. The molecule has 98 valence electrons. The fourth-order valence-electron chi connectivity index (χ4n) is 1.82. The molecule has 3 nitrogen and oxygen atoms in total. The number of aromatic nitrogens is 1. The Bertz CT molecular complexity index is 657. The first-order valence-corrected chi connectivity index (χ1v) is 7.21. The van der Waals surface area contributed by atoms with Gasteiger partial charge in [0, 0.05) is 16.7 Å². The zero-order valence-corrected chi connectivity index (χ0v) is 12.1. The first kappa shape index (κ1) is 13.6. The monoisotopic (exact) mass is 272 g/mol. The molecule has 0 fully saturated rings. The van der Waals surface area contributed by atoms with Crippen LogP contribution in [0.5, 0.6) is 0 Å². The largest absolute Gasteiger partial charge is 0.271 e. The third kappa shape index (κ3) is 3.35. The molecule has 1 aromatic carbocycles. The second-order valence-electron chi connectivity index (χ2n) is 4.34. The highest BCUT2D eigenvalue weighted by atomic mass is 32.2. The minimum atomic E-state index is -0.102. The Morgan fingerprint density at radius 3 is 2.42 bits per heavy atom. The standard InChI is InChI=1S/C15H16N2OS/c1-11-8-12(2)17(15(18)9-11)16-10-13-4-6-14(19-3)7-5-13/h4-10H,1-3H3. The number of aryl methyl sites for hydroxylation is 2. The molecule has 0 N–H and O–H groups in total. The second kappa shape index (κ2) is 5.89. The number of rotatable bonds is 3. The summed E-state index contributed by atoms with van der Waals surface area (Å²) >= 11 is 1.70. The van der Waals surface area contributed by atoms with Crippen molar-refractivity contribution in [2.45, 2.75) is 18.7 Å². The van der Waals surface area contributed by atoms with Crippen molar-refractivity contribution in [1.82, 2.24) is 4.68 Å². The van der Waals surface area contributed by atoms with Crippen LogP contribution in [-0.4, -0.2) is 17.1 Å². The zero-order chi connectivity index (χ0) is 13.8. The highest BCUT2D eigenvalue weighted by Gasteiger charge is 1.99. The molecular formula is C15H16N2OS. The number of thioether (sulfide) groups is 1.